The zero-order valence-corrected chi connectivity index (χ0v) is 20.5. The first-order valence-corrected chi connectivity index (χ1v) is 11.6. The van der Waals surface area contributed by atoms with Gasteiger partial charge in [0.2, 0.25) is 0 Å². The van der Waals surface area contributed by atoms with Gasteiger partial charge in [0.25, 0.3) is 5.91 Å². The number of rotatable bonds is 9. The van der Waals surface area contributed by atoms with E-state index in [0.29, 0.717) is 41.8 Å². The third-order valence-corrected chi connectivity index (χ3v) is 5.49. The second-order valence-corrected chi connectivity index (χ2v) is 8.72. The van der Waals surface area contributed by atoms with Crippen molar-refractivity contribution >= 4 is 45.8 Å². The topological polar surface area (TPSA) is 111 Å². The van der Waals surface area contributed by atoms with Crippen LogP contribution in [0.5, 0.6) is 0 Å². The van der Waals surface area contributed by atoms with Crippen molar-refractivity contribution in [3.05, 3.63) is 59.7 Å². The molecule has 0 saturated heterocycles. The standard InChI is InChI=1S/C26H31N7O2/c1-17(2)35-15-7-14-28-26(34)22-23-25(31-21-9-6-5-8-20(21)30-23)33(24(22)27)29-16-18-10-12-19(13-11-18)32(3)4/h5-6,8-13,16-17H,7,14-15,27H2,1-4H3,(H,28,34)/b29-16-. The number of para-hydroxylation sites is 2. The number of ether oxygens (including phenoxy) is 1. The van der Waals surface area contributed by atoms with Gasteiger partial charge in [-0.25, -0.2) is 9.97 Å². The molecule has 0 atom stereocenters. The highest BCUT2D eigenvalue weighted by Gasteiger charge is 2.23. The van der Waals surface area contributed by atoms with Gasteiger partial charge in [-0.05, 0) is 50.1 Å². The number of hydrogen-bond acceptors (Lipinski definition) is 7. The van der Waals surface area contributed by atoms with Gasteiger partial charge in [-0.3, -0.25) is 4.79 Å². The number of nitrogen functional groups attached to an aromatic ring is 1. The maximum atomic E-state index is 13.1. The molecule has 0 radical (unpaired) electrons. The van der Waals surface area contributed by atoms with Gasteiger partial charge in [0.05, 0.1) is 23.4 Å². The molecule has 0 spiro atoms. The Bertz CT molecular complexity index is 1360. The number of aromatic nitrogens is 3. The fourth-order valence-corrected chi connectivity index (χ4v) is 3.65. The van der Waals surface area contributed by atoms with Crippen LogP contribution in [-0.4, -0.2) is 60.1 Å². The fraction of sp³-hybridized carbons (Fsp3) is 0.308. The first kappa shape index (κ1) is 24.2. The molecule has 0 aliphatic rings. The summed E-state index contributed by atoms with van der Waals surface area (Å²) in [5, 5.41) is 7.49. The lowest BCUT2D eigenvalue weighted by Gasteiger charge is -2.11. The number of carbonyl (C=O) groups excluding carboxylic acids is 1. The first-order chi connectivity index (χ1) is 16.8. The SMILES string of the molecule is CC(C)OCCCNC(=O)c1c(N)n(/N=C\c2ccc(N(C)C)cc2)c2nc3ccccc3nc12. The van der Waals surface area contributed by atoms with Crippen LogP contribution in [0, 0.1) is 0 Å². The van der Waals surface area contributed by atoms with E-state index in [1.54, 1.807) is 6.21 Å². The van der Waals surface area contributed by atoms with Gasteiger partial charge in [0.1, 0.15) is 16.9 Å². The summed E-state index contributed by atoms with van der Waals surface area (Å²) in [5.41, 5.74) is 10.9. The van der Waals surface area contributed by atoms with E-state index in [1.807, 2.05) is 81.4 Å². The van der Waals surface area contributed by atoms with E-state index in [1.165, 1.54) is 4.68 Å². The molecule has 2 aromatic heterocycles. The number of nitrogens with one attached hydrogen (secondary N) is 1. The second-order valence-electron chi connectivity index (χ2n) is 8.72. The number of amides is 1. The highest BCUT2D eigenvalue weighted by molar-refractivity contribution is 6.10. The average molecular weight is 474 g/mol. The van der Waals surface area contributed by atoms with Crippen LogP contribution in [0.2, 0.25) is 0 Å². The van der Waals surface area contributed by atoms with E-state index in [-0.39, 0.29) is 23.4 Å². The Morgan fingerprint density at radius 1 is 1.14 bits per heavy atom. The predicted molar refractivity (Wildman–Crippen MR) is 141 cm³/mol. The van der Waals surface area contributed by atoms with Crippen molar-refractivity contribution in [2.24, 2.45) is 5.10 Å². The van der Waals surface area contributed by atoms with Gasteiger partial charge in [-0.15, -0.1) is 0 Å². The molecule has 3 N–H and O–H groups in total. The van der Waals surface area contributed by atoms with E-state index in [4.69, 9.17) is 20.4 Å². The lowest BCUT2D eigenvalue weighted by molar-refractivity contribution is 0.0757. The normalized spacial score (nSPS) is 11.7. The van der Waals surface area contributed by atoms with Gasteiger partial charge >= 0.3 is 0 Å². The van der Waals surface area contributed by atoms with E-state index in [0.717, 1.165) is 11.3 Å². The molecule has 0 saturated carbocycles. The lowest BCUT2D eigenvalue weighted by Crippen LogP contribution is -2.26. The van der Waals surface area contributed by atoms with Crippen LogP contribution >= 0.6 is 0 Å². The summed E-state index contributed by atoms with van der Waals surface area (Å²) < 4.78 is 7.02. The number of benzene rings is 2. The third kappa shape index (κ3) is 5.41. The van der Waals surface area contributed by atoms with Gasteiger partial charge in [0.15, 0.2) is 5.65 Å². The maximum absolute atomic E-state index is 13.1. The van der Waals surface area contributed by atoms with Crippen molar-refractivity contribution in [2.75, 3.05) is 37.9 Å². The third-order valence-electron chi connectivity index (χ3n) is 5.49. The van der Waals surface area contributed by atoms with E-state index in [9.17, 15) is 4.79 Å². The van der Waals surface area contributed by atoms with Crippen LogP contribution in [0.1, 0.15) is 36.2 Å². The zero-order chi connectivity index (χ0) is 24.9. The van der Waals surface area contributed by atoms with Crippen molar-refractivity contribution < 1.29 is 9.53 Å². The largest absolute Gasteiger partial charge is 0.383 e. The van der Waals surface area contributed by atoms with Gasteiger partial charge < -0.3 is 20.7 Å². The molecule has 9 heteroatoms. The lowest BCUT2D eigenvalue weighted by atomic mass is 10.2. The molecule has 182 valence electrons. The number of anilines is 2. The summed E-state index contributed by atoms with van der Waals surface area (Å²) in [4.78, 5) is 24.6. The monoisotopic (exact) mass is 473 g/mol. The number of hydrogen-bond donors (Lipinski definition) is 2. The maximum Gasteiger partial charge on any atom is 0.257 e. The zero-order valence-electron chi connectivity index (χ0n) is 20.5. The molecule has 0 fully saturated rings. The summed E-state index contributed by atoms with van der Waals surface area (Å²) in [5.74, 6) is -0.127. The van der Waals surface area contributed by atoms with Crippen LogP contribution in [-0.2, 0) is 4.74 Å². The molecule has 0 bridgehead atoms. The Morgan fingerprint density at radius 3 is 2.49 bits per heavy atom. The van der Waals surface area contributed by atoms with Crippen molar-refractivity contribution in [2.45, 2.75) is 26.4 Å². The molecular formula is C26H31N7O2. The molecule has 9 nitrogen and oxygen atoms in total. The minimum absolute atomic E-state index is 0.153. The Balaban J connectivity index is 1.69. The molecule has 2 aromatic carbocycles. The van der Waals surface area contributed by atoms with Crippen LogP contribution in [0.4, 0.5) is 11.5 Å². The highest BCUT2D eigenvalue weighted by atomic mass is 16.5. The molecule has 0 unspecified atom stereocenters. The summed E-state index contributed by atoms with van der Waals surface area (Å²) in [6.45, 7) is 4.99. The van der Waals surface area contributed by atoms with Gasteiger partial charge in [-0.1, -0.05) is 24.3 Å². The number of carbonyl (C=O) groups is 1. The Kier molecular flexibility index (Phi) is 7.26. The van der Waals surface area contributed by atoms with E-state index >= 15 is 0 Å². The van der Waals surface area contributed by atoms with Crippen molar-refractivity contribution in [3.63, 3.8) is 0 Å². The smallest absolute Gasteiger partial charge is 0.257 e. The van der Waals surface area contributed by atoms with E-state index in [2.05, 4.69) is 10.4 Å². The van der Waals surface area contributed by atoms with Crippen molar-refractivity contribution in [1.29, 1.82) is 0 Å². The second kappa shape index (κ2) is 10.5. The van der Waals surface area contributed by atoms with Crippen LogP contribution < -0.4 is 16.0 Å². The predicted octanol–water partition coefficient (Wildman–Crippen LogP) is 3.66. The molecule has 4 aromatic rings. The minimum atomic E-state index is -0.314. The van der Waals surface area contributed by atoms with Crippen molar-refractivity contribution in [1.82, 2.24) is 20.0 Å². The van der Waals surface area contributed by atoms with E-state index < -0.39 is 0 Å². The molecule has 0 aliphatic heterocycles. The highest BCUT2D eigenvalue weighted by Crippen LogP contribution is 2.27. The number of fused-ring (bicyclic) bond motifs is 2. The van der Waals surface area contributed by atoms with Crippen molar-refractivity contribution in [3.8, 4) is 0 Å². The quantitative estimate of drug-likeness (QED) is 0.284. The minimum Gasteiger partial charge on any atom is -0.383 e. The van der Waals surface area contributed by atoms with Crippen LogP contribution in [0.15, 0.2) is 53.6 Å². The first-order valence-electron chi connectivity index (χ1n) is 11.6. The Labute approximate surface area is 204 Å². The summed E-state index contributed by atoms with van der Waals surface area (Å²) in [6, 6.07) is 15.4. The van der Waals surface area contributed by atoms with Gasteiger partial charge in [-0.2, -0.15) is 9.78 Å². The summed E-state index contributed by atoms with van der Waals surface area (Å²) >= 11 is 0. The summed E-state index contributed by atoms with van der Waals surface area (Å²) in [6.07, 6.45) is 2.54. The molecular weight excluding hydrogens is 442 g/mol. The summed E-state index contributed by atoms with van der Waals surface area (Å²) in [7, 11) is 3.98. The molecule has 0 aliphatic carbocycles. The number of nitrogens with two attached hydrogens (primary N) is 1. The molecule has 35 heavy (non-hydrogen) atoms. The molecule has 2 heterocycles. The Hall–Kier alpha value is -3.98. The van der Waals surface area contributed by atoms with Crippen LogP contribution in [0.3, 0.4) is 0 Å². The fourth-order valence-electron chi connectivity index (χ4n) is 3.65. The average Bonchev–Trinajstić information content (AvgIpc) is 3.11. The molecule has 4 rings (SSSR count). The van der Waals surface area contributed by atoms with Crippen LogP contribution in [0.25, 0.3) is 22.2 Å². The molecule has 1 amide bonds. The number of nitrogens with zero attached hydrogens (tertiary/aromatic N) is 5. The Morgan fingerprint density at radius 2 is 1.83 bits per heavy atom. The van der Waals surface area contributed by atoms with Gasteiger partial charge in [0, 0.05) is 32.9 Å².